The molecule has 10 nitrogen and oxygen atoms in total. The maximum atomic E-state index is 12.3. The van der Waals surface area contributed by atoms with E-state index in [0.29, 0.717) is 27.4 Å². The molecule has 0 bridgehead atoms. The molecule has 0 saturated carbocycles. The number of hydrogen-bond acceptors (Lipinski definition) is 7. The molecule has 2 heterocycles. The number of fused-ring (bicyclic) bond motifs is 3. The van der Waals surface area contributed by atoms with Gasteiger partial charge in [0.25, 0.3) is 0 Å². The summed E-state index contributed by atoms with van der Waals surface area (Å²) >= 11 is 12.8. The Morgan fingerprint density at radius 3 is 2.61 bits per heavy atom. The van der Waals surface area contributed by atoms with Gasteiger partial charge in [-0.1, -0.05) is 41.4 Å². The number of aromatic nitrogens is 3. The lowest BCUT2D eigenvalue weighted by Gasteiger charge is -2.18. The van der Waals surface area contributed by atoms with E-state index in [2.05, 4.69) is 15.6 Å². The summed E-state index contributed by atoms with van der Waals surface area (Å²) in [5.74, 6) is 0.936. The quantitative estimate of drug-likeness (QED) is 0.465. The van der Waals surface area contributed by atoms with Crippen molar-refractivity contribution in [3.05, 3.63) is 81.5 Å². The molecule has 0 spiro atoms. The molecule has 36 heavy (non-hydrogen) atoms. The van der Waals surface area contributed by atoms with E-state index in [4.69, 9.17) is 37.7 Å². The van der Waals surface area contributed by atoms with Gasteiger partial charge in [-0.2, -0.15) is 5.01 Å². The molecule has 4 rings (SSSR count). The molecule has 1 aliphatic heterocycles. The Morgan fingerprint density at radius 2 is 1.86 bits per heavy atom. The molecular formula is C24H22Cl2N6O4. The van der Waals surface area contributed by atoms with Crippen molar-refractivity contribution in [2.45, 2.75) is 20.4 Å². The van der Waals surface area contributed by atoms with Gasteiger partial charge in [-0.3, -0.25) is 9.56 Å². The molecule has 1 aliphatic rings. The summed E-state index contributed by atoms with van der Waals surface area (Å²) in [5, 5.41) is 10.5. The number of amides is 2. The minimum atomic E-state index is -0.812. The largest absolute Gasteiger partial charge is 0.449 e. The Labute approximate surface area is 217 Å². The van der Waals surface area contributed by atoms with E-state index in [1.165, 1.54) is 12.3 Å². The summed E-state index contributed by atoms with van der Waals surface area (Å²) < 4.78 is 11.7. The Morgan fingerprint density at radius 1 is 1.08 bits per heavy atom. The highest BCUT2D eigenvalue weighted by Gasteiger charge is 2.24. The molecule has 0 aliphatic carbocycles. The summed E-state index contributed by atoms with van der Waals surface area (Å²) in [6.45, 7) is 3.77. The molecule has 1 N–H and O–H groups in total. The van der Waals surface area contributed by atoms with Crippen LogP contribution in [0.2, 0.25) is 10.0 Å². The Bertz CT molecular complexity index is 1350. The third kappa shape index (κ3) is 5.34. The molecule has 2 amide bonds. The van der Waals surface area contributed by atoms with Crippen LogP contribution in [0.4, 0.5) is 9.59 Å². The van der Waals surface area contributed by atoms with Crippen molar-refractivity contribution >= 4 is 47.2 Å². The maximum absolute atomic E-state index is 12.3. The average Bonchev–Trinajstić information content (AvgIpc) is 3.18. The average molecular weight is 529 g/mol. The number of ether oxygens (including phenoxy) is 2. The van der Waals surface area contributed by atoms with Gasteiger partial charge in [-0.25, -0.2) is 15.0 Å². The van der Waals surface area contributed by atoms with E-state index in [0.717, 1.165) is 21.8 Å². The molecule has 12 heteroatoms. The summed E-state index contributed by atoms with van der Waals surface area (Å²) in [7, 11) is 0. The molecular weight excluding hydrogens is 507 g/mol. The summed E-state index contributed by atoms with van der Waals surface area (Å²) in [6, 6.07) is 12.8. The lowest BCUT2D eigenvalue weighted by atomic mass is 10.0. The number of nitrogens with one attached hydrogen (secondary N) is 1. The predicted molar refractivity (Wildman–Crippen MR) is 135 cm³/mol. The lowest BCUT2D eigenvalue weighted by Crippen LogP contribution is -2.43. The molecule has 0 radical (unpaired) electrons. The number of aliphatic imine (C=N–C) groups is 1. The smallest absolute Gasteiger partial charge is 0.433 e. The number of halogens is 2. The molecule has 0 saturated heterocycles. The summed E-state index contributed by atoms with van der Waals surface area (Å²) in [5.41, 5.74) is 5.19. The minimum absolute atomic E-state index is 0.115. The standard InChI is InChI=1S/C24H22Cl2N6O4/c1-3-35-23(33)30-31(24(34)36-4-2)12-11-20-28-29-21-14-27-22(16-7-5-6-8-18(16)26)17-13-15(25)9-10-19(17)32(20)21/h5-13H,3-4,14H2,1-2H3,(H,30,33)/b12-11+. The Balaban J connectivity index is 1.76. The van der Waals surface area contributed by atoms with Gasteiger partial charge in [0.05, 0.1) is 24.6 Å². The van der Waals surface area contributed by atoms with Crippen molar-refractivity contribution < 1.29 is 19.1 Å². The number of hydrazine groups is 1. The number of benzene rings is 2. The normalized spacial score (nSPS) is 12.3. The second-order valence-corrected chi connectivity index (χ2v) is 8.18. The monoisotopic (exact) mass is 528 g/mol. The fraction of sp³-hybridized carbons (Fsp3) is 0.208. The summed E-state index contributed by atoms with van der Waals surface area (Å²) in [4.78, 5) is 29.0. The van der Waals surface area contributed by atoms with Crippen LogP contribution in [0.3, 0.4) is 0 Å². The van der Waals surface area contributed by atoms with Crippen molar-refractivity contribution in [2.24, 2.45) is 4.99 Å². The highest BCUT2D eigenvalue weighted by Crippen LogP contribution is 2.30. The highest BCUT2D eigenvalue weighted by molar-refractivity contribution is 6.36. The van der Waals surface area contributed by atoms with Crippen LogP contribution in [0.15, 0.2) is 53.7 Å². The van der Waals surface area contributed by atoms with Gasteiger partial charge < -0.3 is 9.47 Å². The fourth-order valence-electron chi connectivity index (χ4n) is 3.55. The third-order valence-corrected chi connectivity index (χ3v) is 5.61. The van der Waals surface area contributed by atoms with E-state index in [9.17, 15) is 9.59 Å². The first-order chi connectivity index (χ1) is 17.4. The molecule has 1 aromatic heterocycles. The van der Waals surface area contributed by atoms with Gasteiger partial charge in [0.15, 0.2) is 11.6 Å². The van der Waals surface area contributed by atoms with Gasteiger partial charge in [0, 0.05) is 33.4 Å². The third-order valence-electron chi connectivity index (χ3n) is 5.04. The Hall–Kier alpha value is -3.89. The first-order valence-corrected chi connectivity index (χ1v) is 11.8. The van der Waals surface area contributed by atoms with Gasteiger partial charge in [0.2, 0.25) is 0 Å². The Kier molecular flexibility index (Phi) is 7.87. The number of rotatable bonds is 5. The first-order valence-electron chi connectivity index (χ1n) is 11.0. The molecule has 3 aromatic rings. The van der Waals surface area contributed by atoms with Crippen LogP contribution in [0.5, 0.6) is 0 Å². The van der Waals surface area contributed by atoms with Crippen LogP contribution < -0.4 is 5.43 Å². The van der Waals surface area contributed by atoms with Gasteiger partial charge in [-0.15, -0.1) is 10.2 Å². The minimum Gasteiger partial charge on any atom is -0.449 e. The van der Waals surface area contributed by atoms with E-state index in [1.54, 1.807) is 36.6 Å². The second-order valence-electron chi connectivity index (χ2n) is 7.33. The van der Waals surface area contributed by atoms with Gasteiger partial charge in [0.1, 0.15) is 6.54 Å². The second kappa shape index (κ2) is 11.2. The molecule has 0 atom stereocenters. The van der Waals surface area contributed by atoms with E-state index < -0.39 is 12.2 Å². The predicted octanol–water partition coefficient (Wildman–Crippen LogP) is 5.02. The molecule has 186 valence electrons. The van der Waals surface area contributed by atoms with Gasteiger partial charge >= 0.3 is 12.2 Å². The van der Waals surface area contributed by atoms with E-state index in [1.807, 2.05) is 24.3 Å². The number of nitrogens with zero attached hydrogens (tertiary/aromatic N) is 5. The lowest BCUT2D eigenvalue weighted by molar-refractivity contribution is 0.0926. The van der Waals surface area contributed by atoms with E-state index >= 15 is 0 Å². The number of carbonyl (C=O) groups is 2. The first kappa shape index (κ1) is 25.2. The fourth-order valence-corrected chi connectivity index (χ4v) is 3.95. The van der Waals surface area contributed by atoms with Crippen molar-refractivity contribution in [2.75, 3.05) is 13.2 Å². The van der Waals surface area contributed by atoms with Crippen LogP contribution in [-0.2, 0) is 16.0 Å². The number of hydrogen-bond donors (Lipinski definition) is 1. The zero-order chi connectivity index (χ0) is 25.7. The van der Waals surface area contributed by atoms with Crippen LogP contribution in [-0.4, -0.2) is 50.9 Å². The topological polar surface area (TPSA) is 111 Å². The van der Waals surface area contributed by atoms with Crippen LogP contribution in [0.1, 0.15) is 36.6 Å². The zero-order valence-corrected chi connectivity index (χ0v) is 21.0. The summed E-state index contributed by atoms with van der Waals surface area (Å²) in [6.07, 6.45) is 1.21. The van der Waals surface area contributed by atoms with Crippen LogP contribution in [0.25, 0.3) is 11.8 Å². The zero-order valence-electron chi connectivity index (χ0n) is 19.4. The van der Waals surface area contributed by atoms with Gasteiger partial charge in [-0.05, 0) is 38.1 Å². The highest BCUT2D eigenvalue weighted by atomic mass is 35.5. The van der Waals surface area contributed by atoms with Crippen molar-refractivity contribution in [3.8, 4) is 5.69 Å². The SMILES string of the molecule is CCOC(=O)NN(/C=C/c1nnc2n1-c1ccc(Cl)cc1C(c1ccccc1Cl)=NC2)C(=O)OCC. The van der Waals surface area contributed by atoms with Crippen LogP contribution >= 0.6 is 23.2 Å². The molecule has 0 unspecified atom stereocenters. The van der Waals surface area contributed by atoms with Crippen molar-refractivity contribution in [3.63, 3.8) is 0 Å². The van der Waals surface area contributed by atoms with E-state index in [-0.39, 0.29) is 19.8 Å². The van der Waals surface area contributed by atoms with Crippen molar-refractivity contribution in [1.82, 2.24) is 25.2 Å². The van der Waals surface area contributed by atoms with Crippen molar-refractivity contribution in [1.29, 1.82) is 0 Å². The maximum Gasteiger partial charge on any atom is 0.433 e. The van der Waals surface area contributed by atoms with Crippen LogP contribution in [0, 0.1) is 0 Å². The molecule has 0 fully saturated rings. The molecule has 2 aromatic carbocycles. The number of carbonyl (C=O) groups excluding carboxylic acids is 2.